The molecule has 0 saturated heterocycles. The Hall–Kier alpha value is -1.80. The molecule has 1 atom stereocenters. The fraction of sp³-hybridized carbons (Fsp3) is 0.562. The highest BCUT2D eigenvalue weighted by Crippen LogP contribution is 2.28. The number of rotatable bonds is 8. The zero-order chi connectivity index (χ0) is 17.4. The molecule has 1 aromatic rings. The molecule has 2 rings (SSSR count). The number of nitrogens with zero attached hydrogens (tertiary/aromatic N) is 1. The minimum Gasteiger partial charge on any atom is -0.488 e. The average molecular weight is 354 g/mol. The van der Waals surface area contributed by atoms with E-state index in [1.807, 2.05) is 25.1 Å². The van der Waals surface area contributed by atoms with Gasteiger partial charge in [0.05, 0.1) is 12.8 Å². The van der Waals surface area contributed by atoms with Gasteiger partial charge in [0.2, 0.25) is 10.0 Å². The fourth-order valence-electron chi connectivity index (χ4n) is 2.44. The molecular formula is C16H26N4O3S. The Morgan fingerprint density at radius 3 is 2.79 bits per heavy atom. The van der Waals surface area contributed by atoms with Crippen molar-refractivity contribution in [3.8, 4) is 5.75 Å². The van der Waals surface area contributed by atoms with Gasteiger partial charge in [-0.3, -0.25) is 0 Å². The summed E-state index contributed by atoms with van der Waals surface area (Å²) in [5.41, 5.74) is 1.22. The molecule has 1 unspecified atom stereocenters. The van der Waals surface area contributed by atoms with E-state index in [2.05, 4.69) is 26.4 Å². The first-order valence-corrected chi connectivity index (χ1v) is 10.1. The standard InChI is InChI=1S/C16H26N4O3S/c1-3-17-16(18-9-6-10-20-24(2,21)22)19-12-14-11-13-7-4-5-8-15(13)23-14/h4-5,7-8,14,20H,3,6,9-12H2,1-2H3,(H2,17,18,19). The van der Waals surface area contributed by atoms with Crippen molar-refractivity contribution in [2.45, 2.75) is 25.9 Å². The molecule has 0 saturated carbocycles. The number of para-hydroxylation sites is 1. The van der Waals surface area contributed by atoms with Gasteiger partial charge in [-0.25, -0.2) is 18.1 Å². The maximum atomic E-state index is 11.0. The highest BCUT2D eigenvalue weighted by atomic mass is 32.2. The number of sulfonamides is 1. The summed E-state index contributed by atoms with van der Waals surface area (Å²) in [7, 11) is -3.12. The van der Waals surface area contributed by atoms with Gasteiger partial charge in [-0.2, -0.15) is 0 Å². The van der Waals surface area contributed by atoms with Crippen LogP contribution in [-0.4, -0.2) is 52.9 Å². The molecule has 8 heteroatoms. The topological polar surface area (TPSA) is 91.8 Å². The van der Waals surface area contributed by atoms with Crippen molar-refractivity contribution in [1.82, 2.24) is 15.4 Å². The monoisotopic (exact) mass is 354 g/mol. The third-order valence-electron chi connectivity index (χ3n) is 3.52. The molecule has 3 N–H and O–H groups in total. The molecule has 0 fully saturated rings. The van der Waals surface area contributed by atoms with E-state index in [9.17, 15) is 8.42 Å². The zero-order valence-corrected chi connectivity index (χ0v) is 15.0. The lowest BCUT2D eigenvalue weighted by molar-refractivity contribution is 0.241. The number of nitrogens with one attached hydrogen (secondary N) is 3. The Morgan fingerprint density at radius 2 is 2.08 bits per heavy atom. The molecule has 0 spiro atoms. The van der Waals surface area contributed by atoms with Crippen molar-refractivity contribution in [2.75, 3.05) is 32.4 Å². The SMILES string of the molecule is CCNC(=NCC1Cc2ccccc2O1)NCCCNS(C)(=O)=O. The number of benzene rings is 1. The van der Waals surface area contributed by atoms with Crippen LogP contribution >= 0.6 is 0 Å². The van der Waals surface area contributed by atoms with Gasteiger partial charge in [-0.05, 0) is 25.0 Å². The third-order valence-corrected chi connectivity index (χ3v) is 4.25. The quantitative estimate of drug-likeness (QED) is 0.359. The average Bonchev–Trinajstić information content (AvgIpc) is 2.94. The molecule has 1 aliphatic rings. The highest BCUT2D eigenvalue weighted by Gasteiger charge is 2.21. The predicted octanol–water partition coefficient (Wildman–Crippen LogP) is 0.485. The van der Waals surface area contributed by atoms with Crippen LogP contribution in [0.5, 0.6) is 5.75 Å². The smallest absolute Gasteiger partial charge is 0.208 e. The van der Waals surface area contributed by atoms with E-state index < -0.39 is 10.0 Å². The molecule has 7 nitrogen and oxygen atoms in total. The van der Waals surface area contributed by atoms with Gasteiger partial charge in [0.1, 0.15) is 11.9 Å². The summed E-state index contributed by atoms with van der Waals surface area (Å²) >= 11 is 0. The van der Waals surface area contributed by atoms with Crippen molar-refractivity contribution in [1.29, 1.82) is 0 Å². The number of hydrogen-bond acceptors (Lipinski definition) is 4. The predicted molar refractivity (Wildman–Crippen MR) is 96.0 cm³/mol. The summed E-state index contributed by atoms with van der Waals surface area (Å²) in [5, 5.41) is 6.38. The van der Waals surface area contributed by atoms with E-state index >= 15 is 0 Å². The molecule has 0 bridgehead atoms. The molecule has 0 aromatic heterocycles. The molecule has 0 radical (unpaired) electrons. The minimum atomic E-state index is -3.12. The van der Waals surface area contributed by atoms with Gasteiger partial charge >= 0.3 is 0 Å². The third kappa shape index (κ3) is 6.37. The lowest BCUT2D eigenvalue weighted by Crippen LogP contribution is -2.39. The van der Waals surface area contributed by atoms with Crippen LogP contribution in [0, 0.1) is 0 Å². The van der Waals surface area contributed by atoms with Gasteiger partial charge in [0.25, 0.3) is 0 Å². The Balaban J connectivity index is 1.75. The summed E-state index contributed by atoms with van der Waals surface area (Å²) in [4.78, 5) is 4.56. The lowest BCUT2D eigenvalue weighted by atomic mass is 10.1. The van der Waals surface area contributed by atoms with Crippen molar-refractivity contribution in [2.24, 2.45) is 4.99 Å². The Morgan fingerprint density at radius 1 is 1.29 bits per heavy atom. The van der Waals surface area contributed by atoms with Crippen LogP contribution in [0.2, 0.25) is 0 Å². The van der Waals surface area contributed by atoms with Gasteiger partial charge in [0.15, 0.2) is 5.96 Å². The van der Waals surface area contributed by atoms with Crippen molar-refractivity contribution in [3.63, 3.8) is 0 Å². The number of guanidine groups is 1. The lowest BCUT2D eigenvalue weighted by Gasteiger charge is -2.13. The first kappa shape index (κ1) is 18.5. The summed E-state index contributed by atoms with van der Waals surface area (Å²) < 4.78 is 30.3. The largest absolute Gasteiger partial charge is 0.488 e. The second-order valence-electron chi connectivity index (χ2n) is 5.72. The van der Waals surface area contributed by atoms with Gasteiger partial charge in [-0.15, -0.1) is 0 Å². The van der Waals surface area contributed by atoms with Crippen molar-refractivity contribution < 1.29 is 13.2 Å². The molecule has 24 heavy (non-hydrogen) atoms. The van der Waals surface area contributed by atoms with E-state index in [1.165, 1.54) is 5.56 Å². The summed E-state index contributed by atoms with van der Waals surface area (Å²) in [6.45, 7) is 4.39. The van der Waals surface area contributed by atoms with Crippen LogP contribution < -0.4 is 20.1 Å². The van der Waals surface area contributed by atoms with Crippen LogP contribution in [0.1, 0.15) is 18.9 Å². The first-order valence-electron chi connectivity index (χ1n) is 8.19. The Kier molecular flexibility index (Phi) is 6.86. The Labute approximate surface area is 143 Å². The second-order valence-corrected chi connectivity index (χ2v) is 7.55. The van der Waals surface area contributed by atoms with E-state index in [0.29, 0.717) is 26.1 Å². The van der Waals surface area contributed by atoms with Gasteiger partial charge in [-0.1, -0.05) is 18.2 Å². The molecule has 0 aliphatic carbocycles. The molecule has 1 heterocycles. The minimum absolute atomic E-state index is 0.0600. The van der Waals surface area contributed by atoms with E-state index in [-0.39, 0.29) is 6.10 Å². The Bertz CT molecular complexity index is 636. The molecule has 1 aliphatic heterocycles. The molecular weight excluding hydrogens is 328 g/mol. The maximum absolute atomic E-state index is 11.0. The van der Waals surface area contributed by atoms with Crippen LogP contribution in [-0.2, 0) is 16.4 Å². The van der Waals surface area contributed by atoms with Gasteiger partial charge in [0, 0.05) is 26.1 Å². The van der Waals surface area contributed by atoms with Crippen LogP contribution in [0.3, 0.4) is 0 Å². The van der Waals surface area contributed by atoms with E-state index in [0.717, 1.165) is 30.9 Å². The van der Waals surface area contributed by atoms with Crippen molar-refractivity contribution >= 4 is 16.0 Å². The number of aliphatic imine (C=N–C) groups is 1. The molecule has 1 aromatic carbocycles. The van der Waals surface area contributed by atoms with Crippen LogP contribution in [0.25, 0.3) is 0 Å². The molecule has 134 valence electrons. The van der Waals surface area contributed by atoms with E-state index in [4.69, 9.17) is 4.74 Å². The zero-order valence-electron chi connectivity index (χ0n) is 14.2. The first-order chi connectivity index (χ1) is 11.5. The summed E-state index contributed by atoms with van der Waals surface area (Å²) in [6, 6.07) is 8.05. The normalized spacial score (nSPS) is 17.2. The fourth-order valence-corrected chi connectivity index (χ4v) is 2.96. The number of ether oxygens (including phenoxy) is 1. The van der Waals surface area contributed by atoms with Crippen molar-refractivity contribution in [3.05, 3.63) is 29.8 Å². The molecule has 0 amide bonds. The summed E-state index contributed by atoms with van der Waals surface area (Å²) in [5.74, 6) is 1.67. The highest BCUT2D eigenvalue weighted by molar-refractivity contribution is 7.88. The summed E-state index contributed by atoms with van der Waals surface area (Å²) in [6.07, 6.45) is 2.77. The van der Waals surface area contributed by atoms with Gasteiger partial charge < -0.3 is 15.4 Å². The van der Waals surface area contributed by atoms with E-state index in [1.54, 1.807) is 0 Å². The number of hydrogen-bond donors (Lipinski definition) is 3. The number of fused-ring (bicyclic) bond motifs is 1. The van der Waals surface area contributed by atoms with Crippen LogP contribution in [0.15, 0.2) is 29.3 Å². The van der Waals surface area contributed by atoms with Crippen LogP contribution in [0.4, 0.5) is 0 Å². The maximum Gasteiger partial charge on any atom is 0.208 e. The second kappa shape index (κ2) is 8.89.